The summed E-state index contributed by atoms with van der Waals surface area (Å²) in [5.74, 6) is 0.884. The van der Waals surface area contributed by atoms with Crippen LogP contribution in [0.4, 0.5) is 0 Å². The third kappa shape index (κ3) is 6.68. The molecule has 0 spiro atoms. The summed E-state index contributed by atoms with van der Waals surface area (Å²) in [6.45, 7) is 10.1. The van der Waals surface area contributed by atoms with Gasteiger partial charge in [0.1, 0.15) is 0 Å². The summed E-state index contributed by atoms with van der Waals surface area (Å²) in [6.07, 6.45) is -0.0564. The van der Waals surface area contributed by atoms with Gasteiger partial charge in [0, 0.05) is 24.1 Å². The first-order chi connectivity index (χ1) is 12.8. The Balaban J connectivity index is 2.41. The molecule has 27 heavy (non-hydrogen) atoms. The van der Waals surface area contributed by atoms with Crippen molar-refractivity contribution in [1.82, 2.24) is 0 Å². The second-order valence-electron chi connectivity index (χ2n) is 7.51. The molecule has 0 heterocycles. The summed E-state index contributed by atoms with van der Waals surface area (Å²) in [7, 11) is 0. The molecule has 0 radical (unpaired) electrons. The molecule has 0 atom stereocenters. The van der Waals surface area contributed by atoms with Gasteiger partial charge in [0.15, 0.2) is 0 Å². The van der Waals surface area contributed by atoms with Gasteiger partial charge in [-0.25, -0.2) is 0 Å². The molecule has 3 nitrogen and oxygen atoms in total. The molecule has 0 aliphatic heterocycles. The SMILES string of the molecule is CC(C)O[B-](OC(C)C)(OC(C)C)c1ccccc1SCc1ccccc1. The lowest BCUT2D eigenvalue weighted by Crippen LogP contribution is -2.60. The average Bonchev–Trinajstić information content (AvgIpc) is 2.59. The quantitative estimate of drug-likeness (QED) is 0.403. The summed E-state index contributed by atoms with van der Waals surface area (Å²) in [5.41, 5.74) is 2.27. The smallest absolute Gasteiger partial charge is 0.411 e. The average molecular weight is 387 g/mol. The van der Waals surface area contributed by atoms with Crippen LogP contribution in [-0.2, 0) is 19.7 Å². The molecule has 0 aliphatic rings. The molecule has 148 valence electrons. The molecule has 0 N–H and O–H groups in total. The van der Waals surface area contributed by atoms with Crippen LogP contribution in [0.5, 0.6) is 0 Å². The molecule has 0 saturated carbocycles. The van der Waals surface area contributed by atoms with Gasteiger partial charge in [-0.3, -0.25) is 0 Å². The van der Waals surface area contributed by atoms with Gasteiger partial charge in [-0.15, -0.1) is 17.2 Å². The largest absolute Gasteiger partial charge is 0.539 e. The van der Waals surface area contributed by atoms with Crippen LogP contribution < -0.4 is 5.46 Å². The maximum Gasteiger partial charge on any atom is 0.411 e. The van der Waals surface area contributed by atoms with Gasteiger partial charge in [-0.1, -0.05) is 54.6 Å². The highest BCUT2D eigenvalue weighted by molar-refractivity contribution is 7.98. The van der Waals surface area contributed by atoms with Gasteiger partial charge in [0.25, 0.3) is 0 Å². The molecule has 5 heteroatoms. The van der Waals surface area contributed by atoms with Crippen LogP contribution in [-0.4, -0.2) is 25.1 Å². The van der Waals surface area contributed by atoms with Crippen LogP contribution in [0.15, 0.2) is 59.5 Å². The summed E-state index contributed by atoms with van der Waals surface area (Å²) < 4.78 is 19.0. The van der Waals surface area contributed by atoms with Crippen molar-refractivity contribution in [3.8, 4) is 0 Å². The molecule has 2 aromatic rings. The van der Waals surface area contributed by atoms with Crippen molar-refractivity contribution in [1.29, 1.82) is 0 Å². The van der Waals surface area contributed by atoms with E-state index in [0.29, 0.717) is 0 Å². The molecular weight excluding hydrogens is 355 g/mol. The third-order valence-electron chi connectivity index (χ3n) is 3.89. The van der Waals surface area contributed by atoms with Crippen LogP contribution in [0.3, 0.4) is 0 Å². The molecular formula is C22H32BO3S-. The van der Waals surface area contributed by atoms with E-state index < -0.39 is 6.75 Å². The fourth-order valence-electron chi connectivity index (χ4n) is 3.03. The predicted octanol–water partition coefficient (Wildman–Crippen LogP) is 5.40. The van der Waals surface area contributed by atoms with Crippen molar-refractivity contribution in [2.75, 3.05) is 0 Å². The molecule has 0 fully saturated rings. The standard InChI is InChI=1S/C22H32BO3S/c1-17(2)24-23(25-18(3)4,26-19(5)6)21-14-10-11-15-22(21)27-16-20-12-8-7-9-13-20/h7-15,17-19H,16H2,1-6H3/q-1. The third-order valence-corrected chi connectivity index (χ3v) is 5.05. The molecule has 0 bridgehead atoms. The van der Waals surface area contributed by atoms with E-state index in [0.717, 1.165) is 16.1 Å². The molecule has 2 aromatic carbocycles. The summed E-state index contributed by atoms with van der Waals surface area (Å²) in [5, 5.41) is 0. The van der Waals surface area contributed by atoms with Gasteiger partial charge in [0.05, 0.1) is 0 Å². The van der Waals surface area contributed by atoms with Crippen LogP contribution >= 0.6 is 11.8 Å². The Morgan fingerprint density at radius 1 is 0.704 bits per heavy atom. The lowest BCUT2D eigenvalue weighted by atomic mass is 9.68. The highest BCUT2D eigenvalue weighted by atomic mass is 32.2. The van der Waals surface area contributed by atoms with Crippen LogP contribution in [0, 0.1) is 0 Å². The molecule has 2 rings (SSSR count). The summed E-state index contributed by atoms with van der Waals surface area (Å²) in [6, 6.07) is 18.7. The maximum absolute atomic E-state index is 6.34. The Morgan fingerprint density at radius 3 is 1.70 bits per heavy atom. The highest BCUT2D eigenvalue weighted by Gasteiger charge is 2.36. The Morgan fingerprint density at radius 2 is 1.19 bits per heavy atom. The molecule has 0 aliphatic carbocycles. The Kier molecular flexibility index (Phi) is 8.42. The van der Waals surface area contributed by atoms with Crippen molar-refractivity contribution in [3.63, 3.8) is 0 Å². The molecule has 0 amide bonds. The zero-order valence-corrected chi connectivity index (χ0v) is 18.2. The van der Waals surface area contributed by atoms with Crippen LogP contribution in [0.1, 0.15) is 47.1 Å². The van der Waals surface area contributed by atoms with E-state index in [1.807, 2.05) is 53.7 Å². The van der Waals surface area contributed by atoms with Crippen LogP contribution in [0.2, 0.25) is 0 Å². The van der Waals surface area contributed by atoms with Crippen molar-refractivity contribution in [2.24, 2.45) is 0 Å². The zero-order valence-electron chi connectivity index (χ0n) is 17.3. The first-order valence-electron chi connectivity index (χ1n) is 9.75. The number of benzene rings is 2. The number of hydrogen-bond donors (Lipinski definition) is 0. The predicted molar refractivity (Wildman–Crippen MR) is 116 cm³/mol. The van der Waals surface area contributed by atoms with Crippen molar-refractivity contribution < 1.29 is 14.0 Å². The minimum atomic E-state index is -2.05. The van der Waals surface area contributed by atoms with Gasteiger partial charge in [-0.2, -0.15) is 0 Å². The molecule has 0 aromatic heterocycles. The number of hydrogen-bond acceptors (Lipinski definition) is 4. The maximum atomic E-state index is 6.34. The van der Waals surface area contributed by atoms with E-state index in [1.165, 1.54) is 5.56 Å². The van der Waals surface area contributed by atoms with E-state index in [4.69, 9.17) is 14.0 Å². The molecule has 0 saturated heterocycles. The first kappa shape index (κ1) is 22.0. The fraction of sp³-hybridized carbons (Fsp3) is 0.455. The topological polar surface area (TPSA) is 27.7 Å². The highest BCUT2D eigenvalue weighted by Crippen LogP contribution is 2.27. The van der Waals surface area contributed by atoms with Crippen molar-refractivity contribution in [3.05, 3.63) is 60.2 Å². The van der Waals surface area contributed by atoms with Gasteiger partial charge >= 0.3 is 6.75 Å². The minimum absolute atomic E-state index is 0.0188. The first-order valence-corrected chi connectivity index (χ1v) is 10.7. The normalized spacial score (nSPS) is 12.3. The zero-order chi connectivity index (χ0) is 19.9. The Bertz CT molecular complexity index is 662. The second kappa shape index (κ2) is 10.3. The minimum Gasteiger partial charge on any atom is -0.539 e. The van der Waals surface area contributed by atoms with Crippen LogP contribution in [0.25, 0.3) is 0 Å². The van der Waals surface area contributed by atoms with E-state index >= 15 is 0 Å². The van der Waals surface area contributed by atoms with Crippen molar-refractivity contribution in [2.45, 2.75) is 70.5 Å². The van der Waals surface area contributed by atoms with E-state index in [2.05, 4.69) is 42.5 Å². The second-order valence-corrected chi connectivity index (χ2v) is 8.53. The van der Waals surface area contributed by atoms with Crippen molar-refractivity contribution >= 4 is 24.0 Å². The lowest BCUT2D eigenvalue weighted by molar-refractivity contribution is 0.0149. The van der Waals surface area contributed by atoms with E-state index in [9.17, 15) is 0 Å². The Hall–Kier alpha value is -1.27. The number of thioether (sulfide) groups is 1. The van der Waals surface area contributed by atoms with Gasteiger partial charge in [0.2, 0.25) is 0 Å². The summed E-state index contributed by atoms with van der Waals surface area (Å²) >= 11 is 1.78. The monoisotopic (exact) mass is 387 g/mol. The Labute approximate surface area is 168 Å². The van der Waals surface area contributed by atoms with E-state index in [-0.39, 0.29) is 18.3 Å². The van der Waals surface area contributed by atoms with Gasteiger partial charge < -0.3 is 14.0 Å². The molecule has 0 unspecified atom stereocenters. The lowest BCUT2D eigenvalue weighted by Gasteiger charge is -2.47. The van der Waals surface area contributed by atoms with E-state index in [1.54, 1.807) is 11.8 Å². The fourth-order valence-corrected chi connectivity index (χ4v) is 4.10. The van der Waals surface area contributed by atoms with Gasteiger partial charge in [-0.05, 0) is 52.0 Å². The summed E-state index contributed by atoms with van der Waals surface area (Å²) in [4.78, 5) is 1.13. The number of rotatable bonds is 10.